The highest BCUT2D eigenvalue weighted by atomic mass is 35.5. The van der Waals surface area contributed by atoms with E-state index in [9.17, 15) is 14.7 Å². The number of Topliss-reactive ketones (excluding diaryl/α,β-unsaturated/α-hetero) is 1. The van der Waals surface area contributed by atoms with Crippen molar-refractivity contribution in [3.63, 3.8) is 0 Å². The standard InChI is InChI=1S/C29H26Cl2N4O6/c1-34(2)15-8-6-14(7-9-15)23-21(24(36)17-13-18(30)27(41-5)22(31)26(17)40-4)25(37)28(38)35(23)29-32-19-11-10-16(39-3)12-20(19)33-29/h6-13,23,36H,1-5H3,(H,32,33)/b24-21+. The number of aliphatic hydroxyl groups excluding tert-OH is 1. The zero-order valence-corrected chi connectivity index (χ0v) is 24.3. The van der Waals surface area contributed by atoms with Crippen LogP contribution in [0.2, 0.25) is 10.0 Å². The Balaban J connectivity index is 1.76. The monoisotopic (exact) mass is 596 g/mol. The number of hydrogen-bond donors (Lipinski definition) is 2. The van der Waals surface area contributed by atoms with E-state index in [2.05, 4.69) is 9.97 Å². The molecule has 2 heterocycles. The fourth-order valence-electron chi connectivity index (χ4n) is 4.83. The highest BCUT2D eigenvalue weighted by molar-refractivity contribution is 6.51. The molecule has 4 aromatic rings. The van der Waals surface area contributed by atoms with Crippen LogP contribution in [0.3, 0.4) is 0 Å². The molecule has 212 valence electrons. The number of carbonyl (C=O) groups excluding carboxylic acids is 2. The van der Waals surface area contributed by atoms with E-state index in [-0.39, 0.29) is 38.6 Å². The highest BCUT2D eigenvalue weighted by Gasteiger charge is 2.48. The molecule has 10 nitrogen and oxygen atoms in total. The summed E-state index contributed by atoms with van der Waals surface area (Å²) in [4.78, 5) is 38.1. The van der Waals surface area contributed by atoms with E-state index >= 15 is 0 Å². The number of ketones is 1. The molecule has 1 aromatic heterocycles. The summed E-state index contributed by atoms with van der Waals surface area (Å²) in [6.45, 7) is 0. The molecule has 0 spiro atoms. The number of benzene rings is 3. The van der Waals surface area contributed by atoms with Gasteiger partial charge in [-0.2, -0.15) is 0 Å². The van der Waals surface area contributed by atoms with Crippen LogP contribution in [0.25, 0.3) is 16.8 Å². The number of imidazole rings is 1. The number of fused-ring (bicyclic) bond motifs is 1. The van der Waals surface area contributed by atoms with Crippen molar-refractivity contribution in [1.29, 1.82) is 0 Å². The zero-order valence-electron chi connectivity index (χ0n) is 22.8. The first-order valence-corrected chi connectivity index (χ1v) is 13.1. The number of hydrogen-bond acceptors (Lipinski definition) is 8. The number of aromatic nitrogens is 2. The Morgan fingerprint density at radius 2 is 1.66 bits per heavy atom. The van der Waals surface area contributed by atoms with Crippen LogP contribution in [0, 0.1) is 0 Å². The molecule has 41 heavy (non-hydrogen) atoms. The van der Waals surface area contributed by atoms with Crippen molar-refractivity contribution in [3.8, 4) is 17.2 Å². The fraction of sp³-hybridized carbons (Fsp3) is 0.207. The number of halogens is 2. The van der Waals surface area contributed by atoms with E-state index in [0.29, 0.717) is 22.3 Å². The molecule has 1 amide bonds. The van der Waals surface area contributed by atoms with Crippen molar-refractivity contribution in [1.82, 2.24) is 9.97 Å². The molecule has 0 saturated carbocycles. The number of rotatable bonds is 7. The number of amides is 1. The summed E-state index contributed by atoms with van der Waals surface area (Å²) in [5.74, 6) is -1.46. The van der Waals surface area contributed by atoms with Crippen LogP contribution in [0.4, 0.5) is 11.6 Å². The first-order valence-electron chi connectivity index (χ1n) is 12.3. The topological polar surface area (TPSA) is 117 Å². The molecule has 1 saturated heterocycles. The number of H-pyrrole nitrogens is 1. The van der Waals surface area contributed by atoms with Gasteiger partial charge in [-0.1, -0.05) is 35.3 Å². The van der Waals surface area contributed by atoms with Gasteiger partial charge in [-0.3, -0.25) is 14.5 Å². The third-order valence-corrected chi connectivity index (χ3v) is 7.49. The smallest absolute Gasteiger partial charge is 0.302 e. The summed E-state index contributed by atoms with van der Waals surface area (Å²) >= 11 is 12.9. The molecule has 1 unspecified atom stereocenters. The van der Waals surface area contributed by atoms with E-state index < -0.39 is 23.5 Å². The van der Waals surface area contributed by atoms with Crippen molar-refractivity contribution in [2.45, 2.75) is 6.04 Å². The van der Waals surface area contributed by atoms with Crippen LogP contribution in [0.5, 0.6) is 17.2 Å². The van der Waals surface area contributed by atoms with Crippen molar-refractivity contribution in [3.05, 3.63) is 75.3 Å². The highest BCUT2D eigenvalue weighted by Crippen LogP contribution is 2.48. The lowest BCUT2D eigenvalue weighted by atomic mass is 9.94. The SMILES string of the molecule is COc1ccc2nc(N3C(=O)C(=O)/C(=C(/O)c4cc(Cl)c(OC)c(Cl)c4OC)C3c3ccc(N(C)C)cc3)[nH]c2c1. The summed E-state index contributed by atoms with van der Waals surface area (Å²) in [6, 6.07) is 12.8. The van der Waals surface area contributed by atoms with E-state index in [4.69, 9.17) is 37.4 Å². The molecule has 3 aromatic carbocycles. The largest absolute Gasteiger partial charge is 0.507 e. The van der Waals surface area contributed by atoms with E-state index in [0.717, 1.165) is 5.69 Å². The van der Waals surface area contributed by atoms with Crippen LogP contribution < -0.4 is 24.0 Å². The normalized spacial score (nSPS) is 16.4. The fourth-order valence-corrected chi connectivity index (χ4v) is 5.52. The average molecular weight is 597 g/mol. The molecular weight excluding hydrogens is 571 g/mol. The first kappa shape index (κ1) is 28.1. The quantitative estimate of drug-likeness (QED) is 0.161. The number of methoxy groups -OCH3 is 3. The maximum absolute atomic E-state index is 13.7. The molecule has 1 atom stereocenters. The van der Waals surface area contributed by atoms with Crippen molar-refractivity contribution in [2.24, 2.45) is 0 Å². The second-order valence-corrected chi connectivity index (χ2v) is 10.2. The number of nitrogens with zero attached hydrogens (tertiary/aromatic N) is 3. The van der Waals surface area contributed by atoms with Gasteiger partial charge in [0, 0.05) is 25.8 Å². The van der Waals surface area contributed by atoms with Gasteiger partial charge in [-0.05, 0) is 35.9 Å². The average Bonchev–Trinajstić information content (AvgIpc) is 3.50. The van der Waals surface area contributed by atoms with Gasteiger partial charge in [-0.15, -0.1) is 0 Å². The molecule has 1 fully saturated rings. The maximum atomic E-state index is 13.7. The number of aromatic amines is 1. The van der Waals surface area contributed by atoms with Gasteiger partial charge in [-0.25, -0.2) is 4.98 Å². The summed E-state index contributed by atoms with van der Waals surface area (Å²) < 4.78 is 16.0. The molecule has 12 heteroatoms. The number of carbonyl (C=O) groups is 2. The lowest BCUT2D eigenvalue weighted by Crippen LogP contribution is -2.30. The van der Waals surface area contributed by atoms with Gasteiger partial charge in [0.25, 0.3) is 5.78 Å². The summed E-state index contributed by atoms with van der Waals surface area (Å²) in [7, 11) is 8.07. The van der Waals surface area contributed by atoms with E-state index in [1.54, 1.807) is 37.4 Å². The van der Waals surface area contributed by atoms with Crippen LogP contribution >= 0.6 is 23.2 Å². The zero-order chi connectivity index (χ0) is 29.6. The summed E-state index contributed by atoms with van der Waals surface area (Å²) in [5.41, 5.74) is 2.43. The minimum atomic E-state index is -1.06. The number of aliphatic hydroxyl groups is 1. The third-order valence-electron chi connectivity index (χ3n) is 6.87. The van der Waals surface area contributed by atoms with Crippen LogP contribution in [0.1, 0.15) is 17.2 Å². The Bertz CT molecular complexity index is 1710. The molecular formula is C29H26Cl2N4O6. The maximum Gasteiger partial charge on any atom is 0.302 e. The van der Waals surface area contributed by atoms with E-state index in [1.165, 1.54) is 25.2 Å². The van der Waals surface area contributed by atoms with Crippen molar-refractivity contribution < 1.29 is 28.9 Å². The van der Waals surface area contributed by atoms with Gasteiger partial charge < -0.3 is 29.2 Å². The Morgan fingerprint density at radius 3 is 2.27 bits per heavy atom. The van der Waals surface area contributed by atoms with Crippen LogP contribution in [0.15, 0.2) is 54.1 Å². The summed E-state index contributed by atoms with van der Waals surface area (Å²) in [5, 5.41) is 11.7. The predicted octanol–water partition coefficient (Wildman–Crippen LogP) is 5.59. The molecule has 2 N–H and O–H groups in total. The predicted molar refractivity (Wildman–Crippen MR) is 158 cm³/mol. The summed E-state index contributed by atoms with van der Waals surface area (Å²) in [6.07, 6.45) is 0. The van der Waals surface area contributed by atoms with Gasteiger partial charge in [0.05, 0.1) is 54.6 Å². The Labute approximate surface area is 245 Å². The molecule has 5 rings (SSSR count). The second kappa shape index (κ2) is 10.9. The van der Waals surface area contributed by atoms with Crippen LogP contribution in [-0.4, -0.2) is 62.2 Å². The molecule has 0 aliphatic carbocycles. The number of anilines is 2. The number of nitrogens with one attached hydrogen (secondary N) is 1. The molecule has 1 aliphatic heterocycles. The van der Waals surface area contributed by atoms with Gasteiger partial charge in [0.1, 0.15) is 16.5 Å². The van der Waals surface area contributed by atoms with E-state index in [1.807, 2.05) is 31.1 Å². The molecule has 0 bridgehead atoms. The lowest BCUT2D eigenvalue weighted by molar-refractivity contribution is -0.132. The Hall–Kier alpha value is -4.41. The molecule has 0 radical (unpaired) electrons. The second-order valence-electron chi connectivity index (χ2n) is 9.38. The number of ether oxygens (including phenoxy) is 3. The first-order chi connectivity index (χ1) is 19.6. The van der Waals surface area contributed by atoms with Gasteiger partial charge in [0.2, 0.25) is 5.95 Å². The minimum Gasteiger partial charge on any atom is -0.507 e. The van der Waals surface area contributed by atoms with Crippen LogP contribution in [-0.2, 0) is 9.59 Å². The Morgan fingerprint density at radius 1 is 0.976 bits per heavy atom. The Kier molecular flexibility index (Phi) is 7.46. The van der Waals surface area contributed by atoms with Gasteiger partial charge >= 0.3 is 5.91 Å². The minimum absolute atomic E-state index is 0.00334. The lowest BCUT2D eigenvalue weighted by Gasteiger charge is -2.24. The van der Waals surface area contributed by atoms with Gasteiger partial charge in [0.15, 0.2) is 11.5 Å². The third kappa shape index (κ3) is 4.68. The van der Waals surface area contributed by atoms with Crippen molar-refractivity contribution in [2.75, 3.05) is 45.2 Å². The van der Waals surface area contributed by atoms with Crippen molar-refractivity contribution >= 4 is 63.3 Å². The molecule has 1 aliphatic rings.